The lowest BCUT2D eigenvalue weighted by Crippen LogP contribution is -2.56. The summed E-state index contributed by atoms with van der Waals surface area (Å²) in [6.07, 6.45) is 21.3. The molecule has 12 heteroatoms. The van der Waals surface area contributed by atoms with Gasteiger partial charge in [0.05, 0.1) is 24.2 Å². The number of carbonyl (C=O) groups is 6. The van der Waals surface area contributed by atoms with Gasteiger partial charge in [0.1, 0.15) is 0 Å². The molecular weight excluding hydrogens is 733 g/mol. The third-order valence-electron chi connectivity index (χ3n) is 14.1. The largest absolute Gasteiger partial charge is 0.340 e. The van der Waals surface area contributed by atoms with Crippen molar-refractivity contribution in [3.8, 4) is 0 Å². The lowest BCUT2D eigenvalue weighted by Gasteiger charge is -2.44. The topological polar surface area (TPSA) is 122 Å². The van der Waals surface area contributed by atoms with Gasteiger partial charge in [0.15, 0.2) is 0 Å². The number of hydrogen-bond donors (Lipinski definition) is 0. The van der Waals surface area contributed by atoms with Gasteiger partial charge in [-0.05, 0) is 103 Å². The summed E-state index contributed by atoms with van der Waals surface area (Å²) in [5.41, 5.74) is 0. The van der Waals surface area contributed by atoms with Gasteiger partial charge in [-0.3, -0.25) is 28.8 Å². The summed E-state index contributed by atoms with van der Waals surface area (Å²) in [5, 5.41) is 0. The van der Waals surface area contributed by atoms with E-state index in [0.717, 1.165) is 129 Å². The zero-order valence-corrected chi connectivity index (χ0v) is 37.0. The molecular formula is C46H80N6O6. The first kappa shape index (κ1) is 47.5. The van der Waals surface area contributed by atoms with Crippen molar-refractivity contribution in [3.63, 3.8) is 0 Å². The van der Waals surface area contributed by atoms with Crippen LogP contribution in [0.1, 0.15) is 182 Å². The van der Waals surface area contributed by atoms with Crippen LogP contribution >= 0.6 is 0 Å². The first-order valence-electron chi connectivity index (χ1n) is 23.8. The highest BCUT2D eigenvalue weighted by Crippen LogP contribution is 2.29. The number of carbonyl (C=O) groups excluding carboxylic acids is 6. The summed E-state index contributed by atoms with van der Waals surface area (Å²) >= 11 is 0. The first-order valence-corrected chi connectivity index (χ1v) is 23.8. The van der Waals surface area contributed by atoms with Crippen LogP contribution in [0.25, 0.3) is 0 Å². The minimum absolute atomic E-state index is 0.0379. The van der Waals surface area contributed by atoms with E-state index in [1.807, 2.05) is 19.6 Å². The highest BCUT2D eigenvalue weighted by molar-refractivity contribution is 5.78. The number of hydrogen-bond acceptors (Lipinski definition) is 6. The zero-order valence-electron chi connectivity index (χ0n) is 37.0. The number of likely N-dealkylation sites (tertiary alicyclic amines) is 4. The Morgan fingerprint density at radius 1 is 0.466 bits per heavy atom. The van der Waals surface area contributed by atoms with Gasteiger partial charge < -0.3 is 29.4 Å². The molecule has 0 aromatic carbocycles. The average Bonchev–Trinajstić information content (AvgIpc) is 3.76. The lowest BCUT2D eigenvalue weighted by molar-refractivity contribution is -0.139. The van der Waals surface area contributed by atoms with E-state index in [0.29, 0.717) is 77.5 Å². The molecule has 0 radical (unpaired) electrons. The molecule has 0 aromatic rings. The summed E-state index contributed by atoms with van der Waals surface area (Å²) in [5.74, 6) is 0.720. The van der Waals surface area contributed by atoms with Gasteiger partial charge in [0.25, 0.3) is 0 Å². The second-order valence-corrected chi connectivity index (χ2v) is 17.7. The Hall–Kier alpha value is -3.18. The normalized spacial score (nSPS) is 22.2. The predicted octanol–water partition coefficient (Wildman–Crippen LogP) is 6.93. The monoisotopic (exact) mass is 813 g/mol. The maximum atomic E-state index is 13.6. The molecule has 6 amide bonds. The van der Waals surface area contributed by atoms with Gasteiger partial charge in [-0.25, -0.2) is 0 Å². The Morgan fingerprint density at radius 3 is 1.26 bits per heavy atom. The van der Waals surface area contributed by atoms with E-state index in [9.17, 15) is 28.8 Å². The van der Waals surface area contributed by atoms with E-state index in [1.165, 1.54) is 0 Å². The first-order chi connectivity index (χ1) is 28.2. The Morgan fingerprint density at radius 2 is 0.845 bits per heavy atom. The molecule has 4 fully saturated rings. The van der Waals surface area contributed by atoms with Crippen LogP contribution in [-0.4, -0.2) is 141 Å². The lowest BCUT2D eigenvalue weighted by atomic mass is 9.92. The Labute approximate surface area is 351 Å². The maximum absolute atomic E-state index is 13.6. The third-order valence-corrected chi connectivity index (χ3v) is 14.1. The summed E-state index contributed by atoms with van der Waals surface area (Å²) in [7, 11) is 0. The fourth-order valence-corrected chi connectivity index (χ4v) is 10.7. The predicted molar refractivity (Wildman–Crippen MR) is 229 cm³/mol. The van der Waals surface area contributed by atoms with Crippen molar-refractivity contribution in [2.45, 2.75) is 218 Å². The minimum atomic E-state index is -0.277. The molecule has 4 aliphatic heterocycles. The van der Waals surface area contributed by atoms with Crippen molar-refractivity contribution in [1.82, 2.24) is 29.4 Å². The van der Waals surface area contributed by atoms with Gasteiger partial charge in [-0.15, -0.1) is 0 Å². The van der Waals surface area contributed by atoms with Gasteiger partial charge in [0.2, 0.25) is 36.4 Å². The van der Waals surface area contributed by atoms with E-state index < -0.39 is 0 Å². The highest BCUT2D eigenvalue weighted by atomic mass is 16.2. The summed E-state index contributed by atoms with van der Waals surface area (Å²) in [6.45, 7) is 12.2. The molecule has 0 N–H and O–H groups in total. The van der Waals surface area contributed by atoms with Gasteiger partial charge in [-0.1, -0.05) is 53.4 Å². The Kier molecular flexibility index (Phi) is 20.8. The van der Waals surface area contributed by atoms with Crippen LogP contribution in [0.3, 0.4) is 0 Å². The highest BCUT2D eigenvalue weighted by Gasteiger charge is 2.38. The second-order valence-electron chi connectivity index (χ2n) is 17.7. The number of amides is 6. The number of nitrogens with zero attached hydrogens (tertiary/aromatic N) is 6. The van der Waals surface area contributed by atoms with E-state index in [-0.39, 0.29) is 59.9 Å². The second kappa shape index (κ2) is 25.4. The maximum Gasteiger partial charge on any atom is 0.222 e. The SMILES string of the molecule is CCC(CCC(C(CC)N1CCCCCC1=O)N(C=O)CCCN(C=O)C(CC(CC)N1CCCCCC1=O)C(CC)N1CCCCCC1=O)N1CCCCCC1=O. The molecule has 4 heterocycles. The molecule has 0 aliphatic carbocycles. The van der Waals surface area contributed by atoms with E-state index in [4.69, 9.17) is 0 Å². The van der Waals surface area contributed by atoms with Gasteiger partial charge in [-0.2, -0.15) is 0 Å². The van der Waals surface area contributed by atoms with Crippen LogP contribution in [0.4, 0.5) is 0 Å². The van der Waals surface area contributed by atoms with E-state index in [2.05, 4.69) is 37.5 Å². The average molecular weight is 813 g/mol. The van der Waals surface area contributed by atoms with Gasteiger partial charge >= 0.3 is 0 Å². The van der Waals surface area contributed by atoms with Crippen LogP contribution in [0.5, 0.6) is 0 Å². The molecule has 4 saturated heterocycles. The van der Waals surface area contributed by atoms with Crippen LogP contribution in [0.15, 0.2) is 0 Å². The smallest absolute Gasteiger partial charge is 0.222 e. The van der Waals surface area contributed by atoms with Crippen molar-refractivity contribution < 1.29 is 28.8 Å². The van der Waals surface area contributed by atoms with E-state index >= 15 is 0 Å². The summed E-state index contributed by atoms with van der Waals surface area (Å²) in [6, 6.07) is -0.769. The standard InChI is InChI=1S/C46H80N6O6/c1-5-37(49-30-17-9-13-22-43(49)55)26-27-41(39(7-3)51-32-19-11-15-24-45(51)57)47(35-53)28-21-29-48(36-54)42(40(8-4)52-33-20-12-16-25-46(52)58)34-38(6-2)50-31-18-10-14-23-44(50)56/h35-42H,5-34H2,1-4H3. The Bertz CT molecular complexity index is 1300. The molecule has 4 aliphatic rings. The van der Waals surface area contributed by atoms with Crippen molar-refractivity contribution in [3.05, 3.63) is 0 Å². The molecule has 4 rings (SSSR count). The minimum Gasteiger partial charge on any atom is -0.340 e. The van der Waals surface area contributed by atoms with Crippen LogP contribution < -0.4 is 0 Å². The molecule has 0 bridgehead atoms. The van der Waals surface area contributed by atoms with Gasteiger partial charge in [0, 0.05) is 77.0 Å². The summed E-state index contributed by atoms with van der Waals surface area (Å²) < 4.78 is 0. The molecule has 0 aromatic heterocycles. The third kappa shape index (κ3) is 13.2. The number of rotatable bonds is 23. The van der Waals surface area contributed by atoms with Crippen LogP contribution in [0.2, 0.25) is 0 Å². The van der Waals surface area contributed by atoms with Crippen LogP contribution in [-0.2, 0) is 28.8 Å². The van der Waals surface area contributed by atoms with Crippen molar-refractivity contribution >= 4 is 36.4 Å². The molecule has 0 spiro atoms. The van der Waals surface area contributed by atoms with Crippen LogP contribution in [0, 0.1) is 0 Å². The molecule has 12 nitrogen and oxygen atoms in total. The molecule has 6 atom stereocenters. The zero-order chi connectivity index (χ0) is 41.9. The summed E-state index contributed by atoms with van der Waals surface area (Å²) in [4.78, 5) is 92.2. The molecule has 330 valence electrons. The molecule has 58 heavy (non-hydrogen) atoms. The van der Waals surface area contributed by atoms with Crippen molar-refractivity contribution in [2.75, 3.05) is 39.3 Å². The van der Waals surface area contributed by atoms with Crippen molar-refractivity contribution in [1.29, 1.82) is 0 Å². The van der Waals surface area contributed by atoms with Crippen molar-refractivity contribution in [2.24, 2.45) is 0 Å². The quantitative estimate of drug-likeness (QED) is 0.103. The fraction of sp³-hybridized carbons (Fsp3) is 0.870. The molecule has 6 unspecified atom stereocenters. The fourth-order valence-electron chi connectivity index (χ4n) is 10.7. The Balaban J connectivity index is 1.59. The molecule has 0 saturated carbocycles. The van der Waals surface area contributed by atoms with E-state index in [1.54, 1.807) is 0 Å².